The van der Waals surface area contributed by atoms with Crippen molar-refractivity contribution in [2.75, 3.05) is 25.5 Å². The van der Waals surface area contributed by atoms with Gasteiger partial charge in [-0.1, -0.05) is 0 Å². The second kappa shape index (κ2) is 4.85. The molecule has 88 valence electrons. The molecule has 17 heavy (non-hydrogen) atoms. The van der Waals surface area contributed by atoms with Crippen LogP contribution in [0, 0.1) is 17.2 Å². The lowest BCUT2D eigenvalue weighted by atomic mass is 10.0. The van der Waals surface area contributed by atoms with E-state index in [1.165, 1.54) is 7.11 Å². The van der Waals surface area contributed by atoms with E-state index in [0.717, 1.165) is 0 Å². The number of anilines is 1. The summed E-state index contributed by atoms with van der Waals surface area (Å²) in [7, 11) is 1.51. The van der Waals surface area contributed by atoms with Gasteiger partial charge in [0.2, 0.25) is 5.91 Å². The third-order valence-electron chi connectivity index (χ3n) is 2.74. The molecular weight excluding hydrogens is 218 g/mol. The van der Waals surface area contributed by atoms with Crippen molar-refractivity contribution in [3.05, 3.63) is 23.8 Å². The number of amides is 1. The zero-order valence-electron chi connectivity index (χ0n) is 9.49. The Bertz CT molecular complexity index is 475. The first kappa shape index (κ1) is 11.4. The Morgan fingerprint density at radius 1 is 1.59 bits per heavy atom. The van der Waals surface area contributed by atoms with Gasteiger partial charge in [0.15, 0.2) is 0 Å². The van der Waals surface area contributed by atoms with Gasteiger partial charge in [-0.2, -0.15) is 5.26 Å². The SMILES string of the molecule is COc1cc(C#N)ccc1NC(=O)C1CNC1. The second-order valence-corrected chi connectivity index (χ2v) is 3.87. The normalized spacial score (nSPS) is 14.6. The predicted molar refractivity (Wildman–Crippen MR) is 62.7 cm³/mol. The molecule has 1 fully saturated rings. The van der Waals surface area contributed by atoms with Gasteiger partial charge in [0, 0.05) is 19.2 Å². The van der Waals surface area contributed by atoms with Crippen LogP contribution in [0.15, 0.2) is 18.2 Å². The number of nitrogens with zero attached hydrogens (tertiary/aromatic N) is 1. The third-order valence-corrected chi connectivity index (χ3v) is 2.74. The molecule has 1 aromatic carbocycles. The summed E-state index contributed by atoms with van der Waals surface area (Å²) in [5, 5.41) is 14.6. The molecule has 0 bridgehead atoms. The number of hydrogen-bond donors (Lipinski definition) is 2. The van der Waals surface area contributed by atoms with Gasteiger partial charge < -0.3 is 15.4 Å². The lowest BCUT2D eigenvalue weighted by Gasteiger charge is -2.26. The minimum Gasteiger partial charge on any atom is -0.495 e. The molecule has 2 rings (SSSR count). The van der Waals surface area contributed by atoms with Gasteiger partial charge in [-0.15, -0.1) is 0 Å². The summed E-state index contributed by atoms with van der Waals surface area (Å²) in [6.07, 6.45) is 0. The van der Waals surface area contributed by atoms with E-state index in [1.807, 2.05) is 6.07 Å². The van der Waals surface area contributed by atoms with Crippen molar-refractivity contribution < 1.29 is 9.53 Å². The molecule has 1 saturated heterocycles. The number of methoxy groups -OCH3 is 1. The van der Waals surface area contributed by atoms with Crippen LogP contribution in [-0.4, -0.2) is 26.1 Å². The van der Waals surface area contributed by atoms with Crippen molar-refractivity contribution in [3.63, 3.8) is 0 Å². The Morgan fingerprint density at radius 2 is 2.35 bits per heavy atom. The van der Waals surface area contributed by atoms with Crippen molar-refractivity contribution in [2.24, 2.45) is 5.92 Å². The number of carbonyl (C=O) groups is 1. The number of ether oxygens (including phenoxy) is 1. The van der Waals surface area contributed by atoms with Crippen LogP contribution in [0.5, 0.6) is 5.75 Å². The van der Waals surface area contributed by atoms with Crippen LogP contribution in [0.4, 0.5) is 5.69 Å². The molecule has 1 aliphatic rings. The van der Waals surface area contributed by atoms with Crippen molar-refractivity contribution in [1.29, 1.82) is 5.26 Å². The van der Waals surface area contributed by atoms with Gasteiger partial charge in [0.25, 0.3) is 0 Å². The topological polar surface area (TPSA) is 74.1 Å². The molecule has 0 saturated carbocycles. The van der Waals surface area contributed by atoms with Crippen LogP contribution >= 0.6 is 0 Å². The minimum atomic E-state index is -0.0215. The Kier molecular flexibility index (Phi) is 3.26. The lowest BCUT2D eigenvalue weighted by molar-refractivity contribution is -0.121. The zero-order chi connectivity index (χ0) is 12.3. The number of carbonyl (C=O) groups excluding carboxylic acids is 1. The highest BCUT2D eigenvalue weighted by atomic mass is 16.5. The Morgan fingerprint density at radius 3 is 2.88 bits per heavy atom. The molecule has 1 aliphatic heterocycles. The van der Waals surface area contributed by atoms with Crippen molar-refractivity contribution >= 4 is 11.6 Å². The van der Waals surface area contributed by atoms with Crippen LogP contribution in [0.2, 0.25) is 0 Å². The molecule has 0 radical (unpaired) electrons. The zero-order valence-corrected chi connectivity index (χ0v) is 9.49. The third kappa shape index (κ3) is 2.37. The van der Waals surface area contributed by atoms with Gasteiger partial charge >= 0.3 is 0 Å². The maximum absolute atomic E-state index is 11.7. The smallest absolute Gasteiger partial charge is 0.230 e. The highest BCUT2D eigenvalue weighted by molar-refractivity contribution is 5.94. The van der Waals surface area contributed by atoms with E-state index in [1.54, 1.807) is 18.2 Å². The number of hydrogen-bond acceptors (Lipinski definition) is 4. The molecule has 0 unspecified atom stereocenters. The fraction of sp³-hybridized carbons (Fsp3) is 0.333. The lowest BCUT2D eigenvalue weighted by Crippen LogP contribution is -2.48. The van der Waals surface area contributed by atoms with Crippen molar-refractivity contribution in [2.45, 2.75) is 0 Å². The van der Waals surface area contributed by atoms with E-state index in [2.05, 4.69) is 10.6 Å². The summed E-state index contributed by atoms with van der Waals surface area (Å²) >= 11 is 0. The first-order valence-electron chi connectivity index (χ1n) is 5.34. The fourth-order valence-corrected chi connectivity index (χ4v) is 1.57. The van der Waals surface area contributed by atoms with Gasteiger partial charge in [-0.3, -0.25) is 4.79 Å². The molecule has 5 heteroatoms. The molecule has 1 amide bonds. The molecule has 1 heterocycles. The quantitative estimate of drug-likeness (QED) is 0.804. The van der Waals surface area contributed by atoms with E-state index < -0.39 is 0 Å². The highest BCUT2D eigenvalue weighted by Crippen LogP contribution is 2.26. The number of benzene rings is 1. The maximum Gasteiger partial charge on any atom is 0.230 e. The minimum absolute atomic E-state index is 0.0215. The van der Waals surface area contributed by atoms with Crippen molar-refractivity contribution in [3.8, 4) is 11.8 Å². The average Bonchev–Trinajstić information content (AvgIpc) is 2.27. The van der Waals surface area contributed by atoms with E-state index in [-0.39, 0.29) is 11.8 Å². The number of rotatable bonds is 3. The first-order valence-corrected chi connectivity index (χ1v) is 5.34. The van der Waals surface area contributed by atoms with Gasteiger partial charge in [0.05, 0.1) is 30.3 Å². The standard InChI is InChI=1S/C12H13N3O2/c1-17-11-4-8(5-13)2-3-10(11)15-12(16)9-6-14-7-9/h2-4,9,14H,6-7H2,1H3,(H,15,16). The largest absolute Gasteiger partial charge is 0.495 e. The predicted octanol–water partition coefficient (Wildman–Crippen LogP) is 0.725. The van der Waals surface area contributed by atoms with Crippen LogP contribution < -0.4 is 15.4 Å². The van der Waals surface area contributed by atoms with E-state index >= 15 is 0 Å². The first-order chi connectivity index (χ1) is 8.24. The summed E-state index contributed by atoms with van der Waals surface area (Å²) < 4.78 is 5.14. The van der Waals surface area contributed by atoms with Gasteiger partial charge in [-0.05, 0) is 12.1 Å². The van der Waals surface area contributed by atoms with Crippen molar-refractivity contribution in [1.82, 2.24) is 5.32 Å². The summed E-state index contributed by atoms with van der Waals surface area (Å²) in [5.41, 5.74) is 1.11. The summed E-state index contributed by atoms with van der Waals surface area (Å²) in [4.78, 5) is 11.7. The molecule has 5 nitrogen and oxygen atoms in total. The highest BCUT2D eigenvalue weighted by Gasteiger charge is 2.25. The Balaban J connectivity index is 2.14. The fourth-order valence-electron chi connectivity index (χ4n) is 1.57. The molecular formula is C12H13N3O2. The second-order valence-electron chi connectivity index (χ2n) is 3.87. The van der Waals surface area contributed by atoms with Crippen LogP contribution in [-0.2, 0) is 4.79 Å². The van der Waals surface area contributed by atoms with Crippen LogP contribution in [0.1, 0.15) is 5.56 Å². The molecule has 2 N–H and O–H groups in total. The number of nitriles is 1. The Hall–Kier alpha value is -2.06. The summed E-state index contributed by atoms with van der Waals surface area (Å²) in [6.45, 7) is 1.43. The molecule has 0 aliphatic carbocycles. The van der Waals surface area contributed by atoms with Gasteiger partial charge in [-0.25, -0.2) is 0 Å². The average molecular weight is 231 g/mol. The number of nitrogens with one attached hydrogen (secondary N) is 2. The Labute approximate surface area is 99.4 Å². The molecule has 0 aromatic heterocycles. The molecule has 0 spiro atoms. The van der Waals surface area contributed by atoms with Gasteiger partial charge in [0.1, 0.15) is 5.75 Å². The molecule has 1 aromatic rings. The van der Waals surface area contributed by atoms with E-state index in [0.29, 0.717) is 30.1 Å². The summed E-state index contributed by atoms with van der Waals surface area (Å²) in [6, 6.07) is 6.96. The molecule has 0 atom stereocenters. The summed E-state index contributed by atoms with van der Waals surface area (Å²) in [5.74, 6) is 0.506. The monoisotopic (exact) mass is 231 g/mol. The van der Waals surface area contributed by atoms with E-state index in [4.69, 9.17) is 10.00 Å². The van der Waals surface area contributed by atoms with Crippen LogP contribution in [0.3, 0.4) is 0 Å². The maximum atomic E-state index is 11.7. The van der Waals surface area contributed by atoms with Crippen LogP contribution in [0.25, 0.3) is 0 Å². The van der Waals surface area contributed by atoms with E-state index in [9.17, 15) is 4.79 Å².